The number of aryl methyl sites for hydroxylation is 1. The SMILES string of the molecule is Cc1cccc(-c2cc(N)on2)c1I. The number of nitrogen functional groups attached to an aromatic ring is 1. The first-order chi connectivity index (χ1) is 6.68. The minimum absolute atomic E-state index is 0.345. The molecule has 72 valence electrons. The minimum atomic E-state index is 0.345. The molecule has 14 heavy (non-hydrogen) atoms. The van der Waals surface area contributed by atoms with E-state index in [-0.39, 0.29) is 0 Å². The molecule has 0 amide bonds. The Morgan fingerprint density at radius 2 is 2.21 bits per heavy atom. The molecule has 1 aromatic carbocycles. The van der Waals surface area contributed by atoms with Crippen LogP contribution in [0.15, 0.2) is 28.8 Å². The van der Waals surface area contributed by atoms with E-state index < -0.39 is 0 Å². The van der Waals surface area contributed by atoms with Crippen LogP contribution in [0.25, 0.3) is 11.3 Å². The summed E-state index contributed by atoms with van der Waals surface area (Å²) < 4.78 is 6.02. The zero-order chi connectivity index (χ0) is 10.1. The first kappa shape index (κ1) is 9.51. The van der Waals surface area contributed by atoms with Gasteiger partial charge in [-0.1, -0.05) is 23.4 Å². The summed E-state index contributed by atoms with van der Waals surface area (Å²) in [4.78, 5) is 0. The van der Waals surface area contributed by atoms with E-state index >= 15 is 0 Å². The lowest BCUT2D eigenvalue weighted by Crippen LogP contribution is -1.86. The summed E-state index contributed by atoms with van der Waals surface area (Å²) in [6.45, 7) is 2.06. The Bertz CT molecular complexity index is 465. The standard InChI is InChI=1S/C10H9IN2O/c1-6-3-2-4-7(10(6)11)8-5-9(12)14-13-8/h2-5H,12H2,1H3. The molecule has 2 N–H and O–H groups in total. The number of aromatic nitrogens is 1. The largest absolute Gasteiger partial charge is 0.368 e. The number of benzene rings is 1. The summed E-state index contributed by atoms with van der Waals surface area (Å²) in [7, 11) is 0. The number of nitrogens with zero attached hydrogens (tertiary/aromatic N) is 1. The summed E-state index contributed by atoms with van der Waals surface area (Å²) in [5, 5.41) is 3.88. The van der Waals surface area contributed by atoms with Crippen LogP contribution < -0.4 is 5.73 Å². The van der Waals surface area contributed by atoms with Crippen molar-refractivity contribution >= 4 is 28.5 Å². The van der Waals surface area contributed by atoms with Crippen molar-refractivity contribution in [3.63, 3.8) is 0 Å². The van der Waals surface area contributed by atoms with Crippen LogP contribution in [0.5, 0.6) is 0 Å². The van der Waals surface area contributed by atoms with Gasteiger partial charge >= 0.3 is 0 Å². The maximum Gasteiger partial charge on any atom is 0.222 e. The van der Waals surface area contributed by atoms with Gasteiger partial charge in [-0.2, -0.15) is 0 Å². The summed E-state index contributed by atoms with van der Waals surface area (Å²) in [6.07, 6.45) is 0. The van der Waals surface area contributed by atoms with Crippen LogP contribution in [0, 0.1) is 10.5 Å². The second-order valence-electron chi connectivity index (χ2n) is 3.05. The van der Waals surface area contributed by atoms with Crippen LogP contribution in [-0.4, -0.2) is 5.16 Å². The Hall–Kier alpha value is -1.04. The Morgan fingerprint density at radius 3 is 2.86 bits per heavy atom. The number of halogens is 1. The molecule has 1 heterocycles. The molecule has 0 aliphatic carbocycles. The average Bonchev–Trinajstić information content (AvgIpc) is 2.57. The first-order valence-corrected chi connectivity index (χ1v) is 5.24. The van der Waals surface area contributed by atoms with Crippen molar-refractivity contribution in [2.24, 2.45) is 0 Å². The number of anilines is 1. The zero-order valence-electron chi connectivity index (χ0n) is 7.62. The highest BCUT2D eigenvalue weighted by Gasteiger charge is 2.08. The predicted molar refractivity (Wildman–Crippen MR) is 63.8 cm³/mol. The van der Waals surface area contributed by atoms with Gasteiger partial charge < -0.3 is 10.3 Å². The highest BCUT2D eigenvalue weighted by molar-refractivity contribution is 14.1. The second kappa shape index (κ2) is 3.61. The Labute approximate surface area is 95.4 Å². The van der Waals surface area contributed by atoms with E-state index in [1.807, 2.05) is 12.1 Å². The molecule has 0 aliphatic rings. The fourth-order valence-corrected chi connectivity index (χ4v) is 1.90. The maximum absolute atomic E-state index is 5.47. The molecule has 0 spiro atoms. The normalized spacial score (nSPS) is 10.4. The molecule has 0 saturated heterocycles. The lowest BCUT2D eigenvalue weighted by atomic mass is 10.1. The molecule has 4 heteroatoms. The van der Waals surface area contributed by atoms with Crippen molar-refractivity contribution in [1.82, 2.24) is 5.16 Å². The molecule has 1 aromatic heterocycles. The zero-order valence-corrected chi connectivity index (χ0v) is 9.78. The van der Waals surface area contributed by atoms with Crippen LogP contribution >= 0.6 is 22.6 Å². The number of rotatable bonds is 1. The quantitative estimate of drug-likeness (QED) is 0.824. The van der Waals surface area contributed by atoms with Crippen LogP contribution in [0.2, 0.25) is 0 Å². The smallest absolute Gasteiger partial charge is 0.222 e. The average molecular weight is 300 g/mol. The molecule has 0 aliphatic heterocycles. The molecule has 0 saturated carbocycles. The van der Waals surface area contributed by atoms with E-state index in [0.717, 1.165) is 11.3 Å². The van der Waals surface area contributed by atoms with Gasteiger partial charge in [0.2, 0.25) is 5.88 Å². The fraction of sp³-hybridized carbons (Fsp3) is 0.100. The van der Waals surface area contributed by atoms with Crippen molar-refractivity contribution < 1.29 is 4.52 Å². The second-order valence-corrected chi connectivity index (χ2v) is 4.13. The van der Waals surface area contributed by atoms with Crippen molar-refractivity contribution in [1.29, 1.82) is 0 Å². The van der Waals surface area contributed by atoms with Gasteiger partial charge in [0.05, 0.1) is 0 Å². The third-order valence-corrected chi connectivity index (χ3v) is 3.43. The maximum atomic E-state index is 5.47. The number of nitrogens with two attached hydrogens (primary N) is 1. The topological polar surface area (TPSA) is 52.0 Å². The summed E-state index contributed by atoms with van der Waals surface area (Å²) in [5.41, 5.74) is 8.55. The van der Waals surface area contributed by atoms with Crippen LogP contribution in [0.1, 0.15) is 5.56 Å². The molecule has 0 bridgehead atoms. The molecule has 2 rings (SSSR count). The van der Waals surface area contributed by atoms with Crippen molar-refractivity contribution in [3.05, 3.63) is 33.4 Å². The highest BCUT2D eigenvalue weighted by atomic mass is 127. The van der Waals surface area contributed by atoms with Gasteiger partial charge in [0, 0.05) is 15.2 Å². The van der Waals surface area contributed by atoms with Crippen molar-refractivity contribution in [2.75, 3.05) is 5.73 Å². The van der Waals surface area contributed by atoms with Crippen LogP contribution in [0.3, 0.4) is 0 Å². The number of hydrogen-bond donors (Lipinski definition) is 1. The highest BCUT2D eigenvalue weighted by Crippen LogP contribution is 2.27. The third kappa shape index (κ3) is 1.61. The lowest BCUT2D eigenvalue weighted by molar-refractivity contribution is 0.439. The molecule has 0 unspecified atom stereocenters. The van der Waals surface area contributed by atoms with Crippen molar-refractivity contribution in [3.8, 4) is 11.3 Å². The monoisotopic (exact) mass is 300 g/mol. The van der Waals surface area contributed by atoms with Gasteiger partial charge in [-0.25, -0.2) is 0 Å². The van der Waals surface area contributed by atoms with E-state index in [1.165, 1.54) is 9.13 Å². The molecule has 2 aromatic rings. The molecule has 0 radical (unpaired) electrons. The van der Waals surface area contributed by atoms with Gasteiger partial charge in [-0.05, 0) is 35.1 Å². The van der Waals surface area contributed by atoms with E-state index in [4.69, 9.17) is 10.3 Å². The van der Waals surface area contributed by atoms with Gasteiger partial charge in [0.1, 0.15) is 5.69 Å². The minimum Gasteiger partial charge on any atom is -0.368 e. The Balaban J connectivity index is 2.57. The number of hydrogen-bond acceptors (Lipinski definition) is 3. The molecular weight excluding hydrogens is 291 g/mol. The van der Waals surface area contributed by atoms with Gasteiger partial charge in [0.25, 0.3) is 0 Å². The molecule has 0 fully saturated rings. The molecular formula is C10H9IN2O. The molecule has 0 atom stereocenters. The lowest BCUT2D eigenvalue weighted by Gasteiger charge is -2.02. The van der Waals surface area contributed by atoms with E-state index in [0.29, 0.717) is 5.88 Å². The fourth-order valence-electron chi connectivity index (χ4n) is 1.26. The van der Waals surface area contributed by atoms with Crippen LogP contribution in [-0.2, 0) is 0 Å². The summed E-state index contributed by atoms with van der Waals surface area (Å²) in [6, 6.07) is 7.80. The Morgan fingerprint density at radius 1 is 1.43 bits per heavy atom. The summed E-state index contributed by atoms with van der Waals surface area (Å²) in [5.74, 6) is 0.345. The van der Waals surface area contributed by atoms with Crippen molar-refractivity contribution in [2.45, 2.75) is 6.92 Å². The first-order valence-electron chi connectivity index (χ1n) is 4.16. The van der Waals surface area contributed by atoms with E-state index in [2.05, 4.69) is 40.7 Å². The van der Waals surface area contributed by atoms with Crippen LogP contribution in [0.4, 0.5) is 5.88 Å². The van der Waals surface area contributed by atoms with Gasteiger partial charge in [-0.15, -0.1) is 0 Å². The molecule has 3 nitrogen and oxygen atoms in total. The van der Waals surface area contributed by atoms with E-state index in [9.17, 15) is 0 Å². The third-order valence-electron chi connectivity index (χ3n) is 2.00. The summed E-state index contributed by atoms with van der Waals surface area (Å²) >= 11 is 2.30. The Kier molecular flexibility index (Phi) is 2.45. The van der Waals surface area contributed by atoms with E-state index in [1.54, 1.807) is 6.07 Å². The predicted octanol–water partition coefficient (Wildman–Crippen LogP) is 2.84. The van der Waals surface area contributed by atoms with Gasteiger partial charge in [0.15, 0.2) is 0 Å². The van der Waals surface area contributed by atoms with Gasteiger partial charge in [-0.3, -0.25) is 0 Å².